The third-order valence-electron chi connectivity index (χ3n) is 0.498. The van der Waals surface area contributed by atoms with E-state index >= 15 is 0 Å². The first-order chi connectivity index (χ1) is 3.13. The molecule has 0 N–H and O–H groups in total. The molecule has 0 spiro atoms. The minimum atomic E-state index is -0.0625. The zero-order chi connectivity index (χ0) is 5.86. The van der Waals surface area contributed by atoms with Gasteiger partial charge in [0.1, 0.15) is 11.6 Å². The fourth-order valence-corrected chi connectivity index (χ4v) is 0.351. The standard InChI is InChI=1S/C5H8O2.Ti/c1-4(6)3-5(2)7;/h3H2,1-2H3;. The maximum Gasteiger partial charge on any atom is 0.137 e. The number of carbonyl (C=O) groups excluding carboxylic acids is 2. The van der Waals surface area contributed by atoms with E-state index in [4.69, 9.17) is 0 Å². The summed E-state index contributed by atoms with van der Waals surface area (Å²) in [7, 11) is 0. The predicted octanol–water partition coefficient (Wildman–Crippen LogP) is 0.552. The zero-order valence-electron chi connectivity index (χ0n) is 5.02. The molecule has 8 heavy (non-hydrogen) atoms. The number of hydrogen-bond acceptors (Lipinski definition) is 2. The third-order valence-corrected chi connectivity index (χ3v) is 0.498. The minimum Gasteiger partial charge on any atom is -0.300 e. The Bertz CT molecular complexity index is 86.6. The summed E-state index contributed by atoms with van der Waals surface area (Å²) in [6, 6.07) is 0. The van der Waals surface area contributed by atoms with Gasteiger partial charge in [-0.05, 0) is 13.8 Å². The van der Waals surface area contributed by atoms with Crippen LogP contribution in [0.1, 0.15) is 20.3 Å². The number of Topliss-reactive ketones (excluding diaryl/α,β-unsaturated/α-hetero) is 2. The van der Waals surface area contributed by atoms with Crippen molar-refractivity contribution in [1.82, 2.24) is 0 Å². The molecule has 0 aromatic rings. The van der Waals surface area contributed by atoms with Crippen LogP contribution in [0.25, 0.3) is 0 Å². The van der Waals surface area contributed by atoms with Crippen LogP contribution in [-0.2, 0) is 31.3 Å². The minimum absolute atomic E-state index is 0. The van der Waals surface area contributed by atoms with Crippen molar-refractivity contribution in [3.63, 3.8) is 0 Å². The average Bonchev–Trinajstić information content (AvgIpc) is 1.27. The summed E-state index contributed by atoms with van der Waals surface area (Å²) in [5.41, 5.74) is 0. The third kappa shape index (κ3) is 9.41. The Labute approximate surface area is 63.5 Å². The summed E-state index contributed by atoms with van der Waals surface area (Å²) in [4.78, 5) is 20.1. The van der Waals surface area contributed by atoms with E-state index in [0.717, 1.165) is 0 Å². The summed E-state index contributed by atoms with van der Waals surface area (Å²) in [6.45, 7) is 2.81. The first-order valence-electron chi connectivity index (χ1n) is 2.12. The van der Waals surface area contributed by atoms with Crippen molar-refractivity contribution in [2.24, 2.45) is 0 Å². The summed E-state index contributed by atoms with van der Waals surface area (Å²) in [5, 5.41) is 0. The fourth-order valence-electron chi connectivity index (χ4n) is 0.351. The number of rotatable bonds is 2. The van der Waals surface area contributed by atoms with E-state index in [1.165, 1.54) is 13.8 Å². The Morgan fingerprint density at radius 3 is 1.38 bits per heavy atom. The molecule has 0 rings (SSSR count). The SMILES string of the molecule is CC(=O)CC(C)=O.[Ti]. The van der Waals surface area contributed by atoms with E-state index < -0.39 is 0 Å². The molecule has 3 heteroatoms. The van der Waals surface area contributed by atoms with Crippen molar-refractivity contribution in [3.05, 3.63) is 0 Å². The number of carbonyl (C=O) groups is 2. The molecule has 0 aliphatic rings. The second-order valence-corrected chi connectivity index (χ2v) is 1.58. The predicted molar refractivity (Wildman–Crippen MR) is 26.0 cm³/mol. The Hall–Kier alpha value is 0.0543. The second kappa shape index (κ2) is 5.20. The molecule has 0 saturated carbocycles. The van der Waals surface area contributed by atoms with Crippen molar-refractivity contribution >= 4 is 11.6 Å². The topological polar surface area (TPSA) is 34.1 Å². The van der Waals surface area contributed by atoms with Gasteiger partial charge in [-0.3, -0.25) is 9.59 Å². The van der Waals surface area contributed by atoms with Crippen LogP contribution in [0.4, 0.5) is 0 Å². The van der Waals surface area contributed by atoms with Gasteiger partial charge in [-0.2, -0.15) is 0 Å². The molecule has 0 atom stereocenters. The van der Waals surface area contributed by atoms with Crippen molar-refractivity contribution in [2.45, 2.75) is 20.3 Å². The Kier molecular flexibility index (Phi) is 7.10. The maximum atomic E-state index is 10.0. The smallest absolute Gasteiger partial charge is 0.137 e. The molecular formula is C5H8O2Ti. The van der Waals surface area contributed by atoms with Gasteiger partial charge in [-0.25, -0.2) is 0 Å². The largest absolute Gasteiger partial charge is 0.300 e. The van der Waals surface area contributed by atoms with Crippen LogP contribution in [0.5, 0.6) is 0 Å². The van der Waals surface area contributed by atoms with Gasteiger partial charge in [0, 0.05) is 21.7 Å². The quantitative estimate of drug-likeness (QED) is 0.423. The van der Waals surface area contributed by atoms with Crippen molar-refractivity contribution in [1.29, 1.82) is 0 Å². The van der Waals surface area contributed by atoms with Gasteiger partial charge < -0.3 is 0 Å². The van der Waals surface area contributed by atoms with Crippen molar-refractivity contribution < 1.29 is 31.3 Å². The summed E-state index contributed by atoms with van der Waals surface area (Å²) in [5.74, 6) is -0.125. The average molecular weight is 148 g/mol. The van der Waals surface area contributed by atoms with E-state index in [1.807, 2.05) is 0 Å². The molecule has 0 saturated heterocycles. The van der Waals surface area contributed by atoms with E-state index in [2.05, 4.69) is 0 Å². The van der Waals surface area contributed by atoms with Gasteiger partial charge in [0.2, 0.25) is 0 Å². The molecule has 44 valence electrons. The summed E-state index contributed by atoms with van der Waals surface area (Å²) < 4.78 is 0. The molecule has 0 bridgehead atoms. The molecule has 0 aromatic carbocycles. The van der Waals surface area contributed by atoms with Gasteiger partial charge in [-0.15, -0.1) is 0 Å². The van der Waals surface area contributed by atoms with E-state index in [1.54, 1.807) is 0 Å². The van der Waals surface area contributed by atoms with E-state index in [9.17, 15) is 9.59 Å². The van der Waals surface area contributed by atoms with E-state index in [0.29, 0.717) is 0 Å². The van der Waals surface area contributed by atoms with Gasteiger partial charge in [0.05, 0.1) is 6.42 Å². The molecule has 0 heterocycles. The molecule has 0 fully saturated rings. The molecule has 0 amide bonds. The van der Waals surface area contributed by atoms with Crippen LogP contribution in [0.15, 0.2) is 0 Å². The van der Waals surface area contributed by atoms with Gasteiger partial charge in [0.25, 0.3) is 0 Å². The molecule has 0 aromatic heterocycles. The fraction of sp³-hybridized carbons (Fsp3) is 0.600. The first-order valence-corrected chi connectivity index (χ1v) is 2.12. The van der Waals surface area contributed by atoms with Crippen LogP contribution in [0.2, 0.25) is 0 Å². The van der Waals surface area contributed by atoms with Gasteiger partial charge in [-0.1, -0.05) is 0 Å². The molecule has 2 nitrogen and oxygen atoms in total. The molecular weight excluding hydrogens is 140 g/mol. The van der Waals surface area contributed by atoms with Crippen LogP contribution in [0.3, 0.4) is 0 Å². The molecule has 0 aliphatic heterocycles. The molecule has 0 aliphatic carbocycles. The molecule has 0 unspecified atom stereocenters. The van der Waals surface area contributed by atoms with E-state index in [-0.39, 0.29) is 39.7 Å². The van der Waals surface area contributed by atoms with Crippen LogP contribution >= 0.6 is 0 Å². The zero-order valence-corrected chi connectivity index (χ0v) is 6.59. The normalized spacial score (nSPS) is 7.25. The van der Waals surface area contributed by atoms with Crippen molar-refractivity contribution in [2.75, 3.05) is 0 Å². The summed E-state index contributed by atoms with van der Waals surface area (Å²) in [6.07, 6.45) is 0.0833. The Morgan fingerprint density at radius 2 is 1.38 bits per heavy atom. The molecule has 0 radical (unpaired) electrons. The van der Waals surface area contributed by atoms with Crippen molar-refractivity contribution in [3.8, 4) is 0 Å². The second-order valence-electron chi connectivity index (χ2n) is 1.58. The summed E-state index contributed by atoms with van der Waals surface area (Å²) >= 11 is 0. The Morgan fingerprint density at radius 1 is 1.12 bits per heavy atom. The Balaban J connectivity index is 0. The van der Waals surface area contributed by atoms with Crippen LogP contribution < -0.4 is 0 Å². The monoisotopic (exact) mass is 148 g/mol. The number of hydrogen-bond donors (Lipinski definition) is 0. The first kappa shape index (κ1) is 10.9. The number of ketones is 2. The van der Waals surface area contributed by atoms with Gasteiger partial charge in [0.15, 0.2) is 0 Å². The van der Waals surface area contributed by atoms with Gasteiger partial charge >= 0.3 is 0 Å². The van der Waals surface area contributed by atoms with Crippen LogP contribution in [-0.4, -0.2) is 11.6 Å². The maximum absolute atomic E-state index is 10.0. The van der Waals surface area contributed by atoms with Crippen LogP contribution in [0, 0.1) is 0 Å².